The van der Waals surface area contributed by atoms with Crippen LogP contribution in [-0.2, 0) is 0 Å². The van der Waals surface area contributed by atoms with Gasteiger partial charge < -0.3 is 5.32 Å². The number of hydrogen-bond donors (Lipinski definition) is 1. The Morgan fingerprint density at radius 1 is 0.944 bits per heavy atom. The lowest BCUT2D eigenvalue weighted by Crippen LogP contribution is -2.20. The minimum absolute atomic E-state index is 0.448. The van der Waals surface area contributed by atoms with Crippen LogP contribution in [0.5, 0.6) is 0 Å². The molecule has 1 nitrogen and oxygen atoms in total. The Labute approximate surface area is 113 Å². The molecule has 0 aliphatic carbocycles. The van der Waals surface area contributed by atoms with Gasteiger partial charge in [-0.05, 0) is 48.4 Å². The molecule has 0 aliphatic heterocycles. The molecule has 0 heterocycles. The van der Waals surface area contributed by atoms with Crippen LogP contribution in [0.1, 0.15) is 82.5 Å². The van der Waals surface area contributed by atoms with E-state index in [-0.39, 0.29) is 0 Å². The Morgan fingerprint density at radius 2 is 1.61 bits per heavy atom. The van der Waals surface area contributed by atoms with Gasteiger partial charge in [-0.25, -0.2) is 0 Å². The van der Waals surface area contributed by atoms with Gasteiger partial charge in [0.2, 0.25) is 0 Å². The van der Waals surface area contributed by atoms with Gasteiger partial charge in [0.25, 0.3) is 0 Å². The molecule has 1 rings (SSSR count). The molecule has 1 heteroatoms. The highest BCUT2D eigenvalue weighted by molar-refractivity contribution is 5.37. The average Bonchev–Trinajstić information content (AvgIpc) is 2.34. The molecule has 0 saturated heterocycles. The third-order valence-corrected chi connectivity index (χ3v) is 3.57. The van der Waals surface area contributed by atoms with E-state index in [4.69, 9.17) is 0 Å². The SMILES string of the molecule is CCCNC(C)c1ccc(C(C)C)cc1C(C)C. The summed E-state index contributed by atoms with van der Waals surface area (Å²) in [6, 6.07) is 7.45. The van der Waals surface area contributed by atoms with Gasteiger partial charge in [-0.2, -0.15) is 0 Å². The molecule has 0 fully saturated rings. The van der Waals surface area contributed by atoms with Crippen LogP contribution in [0.25, 0.3) is 0 Å². The first-order valence-electron chi connectivity index (χ1n) is 7.34. The standard InChI is InChI=1S/C17H29N/c1-7-10-18-14(6)16-9-8-15(12(2)3)11-17(16)13(4)5/h8-9,11-14,18H,7,10H2,1-6H3. The van der Waals surface area contributed by atoms with E-state index in [0.717, 1.165) is 6.54 Å². The first-order chi connectivity index (χ1) is 8.47. The summed E-state index contributed by atoms with van der Waals surface area (Å²) in [5.74, 6) is 1.19. The van der Waals surface area contributed by atoms with Gasteiger partial charge in [-0.15, -0.1) is 0 Å². The Hall–Kier alpha value is -0.820. The maximum atomic E-state index is 3.59. The maximum Gasteiger partial charge on any atom is 0.0294 e. The minimum Gasteiger partial charge on any atom is -0.310 e. The number of benzene rings is 1. The quantitative estimate of drug-likeness (QED) is 0.746. The van der Waals surface area contributed by atoms with Crippen LogP contribution in [-0.4, -0.2) is 6.54 Å². The zero-order valence-corrected chi connectivity index (χ0v) is 12.9. The zero-order chi connectivity index (χ0) is 13.7. The molecule has 0 bridgehead atoms. The molecular formula is C17H29N. The number of nitrogens with one attached hydrogen (secondary N) is 1. The smallest absolute Gasteiger partial charge is 0.0294 e. The summed E-state index contributed by atoms with van der Waals surface area (Å²) in [5, 5.41) is 3.59. The van der Waals surface area contributed by atoms with Crippen molar-refractivity contribution >= 4 is 0 Å². The summed E-state index contributed by atoms with van der Waals surface area (Å²) in [6.07, 6.45) is 1.19. The Kier molecular flexibility index (Phi) is 5.87. The third-order valence-electron chi connectivity index (χ3n) is 3.57. The Morgan fingerprint density at radius 3 is 2.11 bits per heavy atom. The van der Waals surface area contributed by atoms with Crippen molar-refractivity contribution in [1.29, 1.82) is 0 Å². The fourth-order valence-electron chi connectivity index (χ4n) is 2.32. The fourth-order valence-corrected chi connectivity index (χ4v) is 2.32. The summed E-state index contributed by atoms with van der Waals surface area (Å²) >= 11 is 0. The number of hydrogen-bond acceptors (Lipinski definition) is 1. The minimum atomic E-state index is 0.448. The number of rotatable bonds is 6. The predicted molar refractivity (Wildman–Crippen MR) is 81.3 cm³/mol. The molecule has 1 aromatic carbocycles. The van der Waals surface area contributed by atoms with Crippen LogP contribution in [0.2, 0.25) is 0 Å². The monoisotopic (exact) mass is 247 g/mol. The lowest BCUT2D eigenvalue weighted by atomic mass is 9.89. The highest BCUT2D eigenvalue weighted by Crippen LogP contribution is 2.28. The molecule has 1 unspecified atom stereocenters. The predicted octanol–water partition coefficient (Wildman–Crippen LogP) is 4.99. The van der Waals surface area contributed by atoms with Crippen molar-refractivity contribution in [3.8, 4) is 0 Å². The molecule has 0 amide bonds. The fraction of sp³-hybridized carbons (Fsp3) is 0.647. The highest BCUT2D eigenvalue weighted by Gasteiger charge is 2.14. The van der Waals surface area contributed by atoms with Gasteiger partial charge in [-0.3, -0.25) is 0 Å². The van der Waals surface area contributed by atoms with Gasteiger partial charge >= 0.3 is 0 Å². The van der Waals surface area contributed by atoms with Crippen LogP contribution in [0.3, 0.4) is 0 Å². The second-order valence-corrected chi connectivity index (χ2v) is 5.87. The normalized spacial score (nSPS) is 13.3. The van der Waals surface area contributed by atoms with Crippen molar-refractivity contribution in [2.45, 2.75) is 65.8 Å². The second-order valence-electron chi connectivity index (χ2n) is 5.87. The van der Waals surface area contributed by atoms with Gasteiger partial charge in [0.15, 0.2) is 0 Å². The third kappa shape index (κ3) is 3.84. The van der Waals surface area contributed by atoms with Crippen molar-refractivity contribution in [2.75, 3.05) is 6.54 Å². The topological polar surface area (TPSA) is 12.0 Å². The molecule has 0 spiro atoms. The van der Waals surface area contributed by atoms with Crippen LogP contribution in [0, 0.1) is 0 Å². The van der Waals surface area contributed by atoms with Crippen LogP contribution >= 0.6 is 0 Å². The van der Waals surface area contributed by atoms with E-state index in [1.165, 1.54) is 23.1 Å². The molecule has 18 heavy (non-hydrogen) atoms. The average molecular weight is 247 g/mol. The van der Waals surface area contributed by atoms with E-state index < -0.39 is 0 Å². The van der Waals surface area contributed by atoms with Gasteiger partial charge in [-0.1, -0.05) is 52.8 Å². The Bertz CT molecular complexity index is 366. The van der Waals surface area contributed by atoms with E-state index in [1.54, 1.807) is 0 Å². The molecule has 0 aromatic heterocycles. The molecular weight excluding hydrogens is 218 g/mol. The summed E-state index contributed by atoms with van der Waals surface area (Å²) in [6.45, 7) is 14.7. The molecule has 0 aliphatic rings. The lowest BCUT2D eigenvalue weighted by Gasteiger charge is -2.21. The van der Waals surface area contributed by atoms with E-state index in [1.807, 2.05) is 0 Å². The molecule has 0 saturated carbocycles. The molecule has 1 atom stereocenters. The highest BCUT2D eigenvalue weighted by atomic mass is 14.9. The van der Waals surface area contributed by atoms with E-state index in [0.29, 0.717) is 17.9 Å². The van der Waals surface area contributed by atoms with Gasteiger partial charge in [0, 0.05) is 6.04 Å². The lowest BCUT2D eigenvalue weighted by molar-refractivity contribution is 0.563. The van der Waals surface area contributed by atoms with Crippen molar-refractivity contribution in [3.05, 3.63) is 34.9 Å². The largest absolute Gasteiger partial charge is 0.310 e. The van der Waals surface area contributed by atoms with Gasteiger partial charge in [0.05, 0.1) is 0 Å². The van der Waals surface area contributed by atoms with Crippen molar-refractivity contribution in [2.24, 2.45) is 0 Å². The van der Waals surface area contributed by atoms with Crippen LogP contribution < -0.4 is 5.32 Å². The van der Waals surface area contributed by atoms with E-state index in [9.17, 15) is 0 Å². The van der Waals surface area contributed by atoms with Crippen LogP contribution in [0.15, 0.2) is 18.2 Å². The zero-order valence-electron chi connectivity index (χ0n) is 12.9. The van der Waals surface area contributed by atoms with Crippen molar-refractivity contribution < 1.29 is 0 Å². The van der Waals surface area contributed by atoms with Gasteiger partial charge in [0.1, 0.15) is 0 Å². The first-order valence-corrected chi connectivity index (χ1v) is 7.34. The first kappa shape index (κ1) is 15.2. The second kappa shape index (κ2) is 6.94. The molecule has 102 valence electrons. The van der Waals surface area contributed by atoms with E-state index in [2.05, 4.69) is 65.1 Å². The summed E-state index contributed by atoms with van der Waals surface area (Å²) in [5.41, 5.74) is 4.41. The van der Waals surface area contributed by atoms with Crippen molar-refractivity contribution in [3.63, 3.8) is 0 Å². The van der Waals surface area contributed by atoms with Crippen LogP contribution in [0.4, 0.5) is 0 Å². The Balaban J connectivity index is 3.03. The van der Waals surface area contributed by atoms with Crippen molar-refractivity contribution in [1.82, 2.24) is 5.32 Å². The molecule has 0 radical (unpaired) electrons. The summed E-state index contributed by atoms with van der Waals surface area (Å²) in [4.78, 5) is 0. The molecule has 1 aromatic rings. The van der Waals surface area contributed by atoms with E-state index >= 15 is 0 Å². The summed E-state index contributed by atoms with van der Waals surface area (Å²) < 4.78 is 0. The summed E-state index contributed by atoms with van der Waals surface area (Å²) in [7, 11) is 0. The molecule has 1 N–H and O–H groups in total. The maximum absolute atomic E-state index is 3.59.